The van der Waals surface area contributed by atoms with Gasteiger partial charge in [0.25, 0.3) is 0 Å². The fourth-order valence-electron chi connectivity index (χ4n) is 3.08. The SMILES string of the molecule is C=C(C)C(=O)OCCOC(=O)C(C)(C)Br.C=C(C)C(=O)OCCOC(=O)C(C)(C)CC(C)(C)C(=O)OCCOC(=O)C(C)(C)C. The topological polar surface area (TPSA) is 158 Å². The van der Waals surface area contributed by atoms with Gasteiger partial charge >= 0.3 is 35.8 Å². The van der Waals surface area contributed by atoms with Crippen molar-refractivity contribution >= 4 is 51.7 Å². The first-order chi connectivity index (χ1) is 20.3. The highest BCUT2D eigenvalue weighted by atomic mass is 79.9. The Morgan fingerprint density at radius 1 is 0.489 bits per heavy atom. The molecule has 258 valence electrons. The molecule has 12 nitrogen and oxygen atoms in total. The van der Waals surface area contributed by atoms with E-state index in [1.165, 1.54) is 6.92 Å². The maximum absolute atomic E-state index is 12.4. The van der Waals surface area contributed by atoms with E-state index in [9.17, 15) is 28.8 Å². The summed E-state index contributed by atoms with van der Waals surface area (Å²) in [6, 6.07) is 0. The lowest BCUT2D eigenvalue weighted by atomic mass is 9.75. The Morgan fingerprint density at radius 2 is 0.756 bits per heavy atom. The number of rotatable bonds is 16. The van der Waals surface area contributed by atoms with Crippen LogP contribution >= 0.6 is 15.9 Å². The fraction of sp³-hybridized carbons (Fsp3) is 0.688. The van der Waals surface area contributed by atoms with Crippen LogP contribution in [-0.4, -0.2) is 79.8 Å². The average molecular weight is 708 g/mol. The highest BCUT2D eigenvalue weighted by Gasteiger charge is 2.41. The molecule has 0 aromatic carbocycles. The number of esters is 6. The van der Waals surface area contributed by atoms with Gasteiger partial charge in [0.2, 0.25) is 0 Å². The summed E-state index contributed by atoms with van der Waals surface area (Å²) in [7, 11) is 0. The number of halogens is 1. The number of hydrogen-bond donors (Lipinski definition) is 0. The summed E-state index contributed by atoms with van der Waals surface area (Å²) >= 11 is 3.15. The summed E-state index contributed by atoms with van der Waals surface area (Å²) in [5, 5.41) is 0. The summed E-state index contributed by atoms with van der Waals surface area (Å²) in [6.07, 6.45) is 0.172. The Kier molecular flexibility index (Phi) is 18.9. The molecule has 0 N–H and O–H groups in total. The van der Waals surface area contributed by atoms with E-state index < -0.39 is 50.4 Å². The molecule has 0 bridgehead atoms. The zero-order valence-electron chi connectivity index (χ0n) is 28.6. The summed E-state index contributed by atoms with van der Waals surface area (Å²) in [4.78, 5) is 69.9. The summed E-state index contributed by atoms with van der Waals surface area (Å²) < 4.78 is 29.2. The number of carbonyl (C=O) groups excluding carboxylic acids is 6. The van der Waals surface area contributed by atoms with E-state index in [-0.39, 0.29) is 57.6 Å². The number of hydrogen-bond acceptors (Lipinski definition) is 12. The van der Waals surface area contributed by atoms with Crippen molar-refractivity contribution < 1.29 is 57.2 Å². The molecule has 0 fully saturated rings. The molecule has 0 atom stereocenters. The quantitative estimate of drug-likeness (QED) is 0.0693. The molecule has 0 aromatic rings. The molecule has 0 aromatic heterocycles. The minimum Gasteiger partial charge on any atom is -0.462 e. The van der Waals surface area contributed by atoms with Crippen LogP contribution in [0.25, 0.3) is 0 Å². The maximum atomic E-state index is 12.4. The first-order valence-electron chi connectivity index (χ1n) is 14.3. The molecule has 0 saturated carbocycles. The van der Waals surface area contributed by atoms with Gasteiger partial charge in [-0.1, -0.05) is 29.1 Å². The molecule has 0 heterocycles. The van der Waals surface area contributed by atoms with Crippen LogP contribution < -0.4 is 0 Å². The average Bonchev–Trinajstić information content (AvgIpc) is 2.88. The van der Waals surface area contributed by atoms with E-state index in [1.807, 2.05) is 0 Å². The molecule has 0 unspecified atom stereocenters. The van der Waals surface area contributed by atoms with Gasteiger partial charge in [-0.3, -0.25) is 19.2 Å². The predicted octanol–water partition coefficient (Wildman–Crippen LogP) is 5.05. The van der Waals surface area contributed by atoms with E-state index in [0.717, 1.165) is 0 Å². The van der Waals surface area contributed by atoms with Gasteiger partial charge in [0.05, 0.1) is 16.2 Å². The minimum absolute atomic E-state index is 0.0355. The lowest BCUT2D eigenvalue weighted by Gasteiger charge is -2.31. The van der Waals surface area contributed by atoms with Crippen LogP contribution in [0.15, 0.2) is 24.3 Å². The lowest BCUT2D eigenvalue weighted by molar-refractivity contribution is -0.167. The van der Waals surface area contributed by atoms with E-state index in [0.29, 0.717) is 5.57 Å². The van der Waals surface area contributed by atoms with Crippen molar-refractivity contribution in [2.45, 2.75) is 86.9 Å². The van der Waals surface area contributed by atoms with E-state index in [1.54, 1.807) is 69.2 Å². The van der Waals surface area contributed by atoms with Gasteiger partial charge in [0.1, 0.15) is 44.0 Å². The standard InChI is InChI=1S/C22H36O8.C10H15BrO4/c1-15(2)16(23)27-10-11-29-18(25)21(6,7)14-22(8,9)19(26)30-13-12-28-17(24)20(3,4)5;1-7(2)8(12)14-5-6-15-9(13)10(3,4)11/h1,10-14H2,2-9H3;1,5-6H2,2-4H3. The fourth-order valence-corrected chi connectivity index (χ4v) is 3.20. The number of alkyl halides is 1. The second-order valence-corrected chi connectivity index (χ2v) is 15.0. The molecular weight excluding hydrogens is 656 g/mol. The van der Waals surface area contributed by atoms with Crippen molar-refractivity contribution in [2.75, 3.05) is 39.6 Å². The van der Waals surface area contributed by atoms with Gasteiger partial charge in [0, 0.05) is 11.1 Å². The smallest absolute Gasteiger partial charge is 0.333 e. The minimum atomic E-state index is -0.973. The van der Waals surface area contributed by atoms with Crippen LogP contribution in [0.2, 0.25) is 0 Å². The van der Waals surface area contributed by atoms with Gasteiger partial charge in [-0.25, -0.2) is 9.59 Å². The molecule has 0 aliphatic rings. The third-order valence-electron chi connectivity index (χ3n) is 5.43. The molecule has 0 spiro atoms. The molecule has 13 heteroatoms. The summed E-state index contributed by atoms with van der Waals surface area (Å²) in [5.74, 6) is -2.84. The van der Waals surface area contributed by atoms with Crippen LogP contribution in [0.5, 0.6) is 0 Å². The van der Waals surface area contributed by atoms with Crippen LogP contribution in [0, 0.1) is 16.2 Å². The van der Waals surface area contributed by atoms with Crippen molar-refractivity contribution in [3.8, 4) is 0 Å². The molecule has 0 aliphatic heterocycles. The van der Waals surface area contributed by atoms with Gasteiger partial charge in [-0.15, -0.1) is 0 Å². The Morgan fingerprint density at radius 3 is 1.02 bits per heavy atom. The number of ether oxygens (including phenoxy) is 6. The Labute approximate surface area is 275 Å². The Hall–Kier alpha value is -3.22. The van der Waals surface area contributed by atoms with Gasteiger partial charge < -0.3 is 28.4 Å². The molecular formula is C32H51BrO12. The zero-order valence-corrected chi connectivity index (χ0v) is 30.2. The van der Waals surface area contributed by atoms with Gasteiger partial charge in [-0.05, 0) is 82.6 Å². The second kappa shape index (κ2) is 19.3. The van der Waals surface area contributed by atoms with Crippen molar-refractivity contribution in [2.24, 2.45) is 16.2 Å². The lowest BCUT2D eigenvalue weighted by Crippen LogP contribution is -2.38. The monoisotopic (exact) mass is 706 g/mol. The van der Waals surface area contributed by atoms with E-state index in [4.69, 9.17) is 28.4 Å². The molecule has 0 radical (unpaired) electrons. The molecule has 0 saturated heterocycles. The van der Waals surface area contributed by atoms with Crippen molar-refractivity contribution in [1.29, 1.82) is 0 Å². The normalized spacial score (nSPS) is 11.6. The number of carbonyl (C=O) groups is 6. The largest absolute Gasteiger partial charge is 0.462 e. The molecule has 0 rings (SSSR count). The van der Waals surface area contributed by atoms with Gasteiger partial charge in [-0.2, -0.15) is 0 Å². The van der Waals surface area contributed by atoms with Crippen LogP contribution in [0.4, 0.5) is 0 Å². The van der Waals surface area contributed by atoms with Gasteiger partial charge in [0.15, 0.2) is 0 Å². The van der Waals surface area contributed by atoms with Crippen molar-refractivity contribution in [3.05, 3.63) is 24.3 Å². The molecule has 0 amide bonds. The first kappa shape index (κ1) is 43.9. The Balaban J connectivity index is 0. The summed E-state index contributed by atoms with van der Waals surface area (Å²) in [5.41, 5.74) is -1.99. The zero-order chi connectivity index (χ0) is 35.8. The molecule has 45 heavy (non-hydrogen) atoms. The molecule has 0 aliphatic carbocycles. The Bertz CT molecular complexity index is 1070. The highest BCUT2D eigenvalue weighted by Crippen LogP contribution is 2.35. The van der Waals surface area contributed by atoms with Crippen LogP contribution in [0.1, 0.15) is 82.6 Å². The highest BCUT2D eigenvalue weighted by molar-refractivity contribution is 9.10. The third kappa shape index (κ3) is 19.7. The first-order valence-corrected chi connectivity index (χ1v) is 15.1. The van der Waals surface area contributed by atoms with E-state index >= 15 is 0 Å². The van der Waals surface area contributed by atoms with Crippen LogP contribution in [-0.2, 0) is 57.2 Å². The van der Waals surface area contributed by atoms with E-state index in [2.05, 4.69) is 29.1 Å². The second-order valence-electron chi connectivity index (χ2n) is 13.0. The predicted molar refractivity (Wildman–Crippen MR) is 170 cm³/mol. The third-order valence-corrected chi connectivity index (χ3v) is 5.76. The van der Waals surface area contributed by atoms with Crippen LogP contribution in [0.3, 0.4) is 0 Å². The summed E-state index contributed by atoms with van der Waals surface area (Å²) in [6.45, 7) is 25.0. The van der Waals surface area contributed by atoms with Crippen molar-refractivity contribution in [3.63, 3.8) is 0 Å². The maximum Gasteiger partial charge on any atom is 0.333 e. The van der Waals surface area contributed by atoms with Crippen molar-refractivity contribution in [1.82, 2.24) is 0 Å².